The molecule has 3 heteroatoms. The number of thioether (sulfide) groups is 1. The Hall–Kier alpha value is 0.01000. The monoisotopic (exact) mass is 343 g/mol. The van der Waals surface area contributed by atoms with Crippen molar-refractivity contribution in [2.45, 2.75) is 51.5 Å². The molecular formula is C16H26BrNS. The molecule has 0 saturated carbocycles. The Morgan fingerprint density at radius 3 is 2.74 bits per heavy atom. The van der Waals surface area contributed by atoms with Crippen LogP contribution >= 0.6 is 27.7 Å². The number of hydrogen-bond donors (Lipinski definition) is 1. The van der Waals surface area contributed by atoms with Crippen molar-refractivity contribution in [2.75, 3.05) is 12.3 Å². The number of rotatable bonds is 9. The van der Waals surface area contributed by atoms with E-state index in [1.165, 1.54) is 39.9 Å². The SMILES string of the molecule is CCCCCSc1cc(Br)ccc1CNCC(C)C. The maximum absolute atomic E-state index is 3.58. The molecule has 0 amide bonds. The average Bonchev–Trinajstić information content (AvgIpc) is 2.36. The fraction of sp³-hybridized carbons (Fsp3) is 0.625. The van der Waals surface area contributed by atoms with Crippen molar-refractivity contribution in [3.8, 4) is 0 Å². The Morgan fingerprint density at radius 2 is 2.05 bits per heavy atom. The van der Waals surface area contributed by atoms with E-state index in [9.17, 15) is 0 Å². The van der Waals surface area contributed by atoms with Crippen LogP contribution in [-0.2, 0) is 6.54 Å². The molecule has 108 valence electrons. The number of halogens is 1. The molecule has 0 aliphatic heterocycles. The first kappa shape index (κ1) is 17.1. The molecule has 0 aromatic heterocycles. The van der Waals surface area contributed by atoms with Crippen molar-refractivity contribution >= 4 is 27.7 Å². The van der Waals surface area contributed by atoms with E-state index < -0.39 is 0 Å². The molecule has 0 bridgehead atoms. The third-order valence-electron chi connectivity index (χ3n) is 2.90. The standard InChI is InChI=1S/C16H26BrNS/c1-4-5-6-9-19-16-10-15(17)8-7-14(16)12-18-11-13(2)3/h7-8,10,13,18H,4-6,9,11-12H2,1-3H3. The van der Waals surface area contributed by atoms with Crippen LogP contribution in [0.3, 0.4) is 0 Å². The third-order valence-corrected chi connectivity index (χ3v) is 4.58. The van der Waals surface area contributed by atoms with Gasteiger partial charge in [0.2, 0.25) is 0 Å². The largest absolute Gasteiger partial charge is 0.312 e. The molecule has 1 N–H and O–H groups in total. The lowest BCUT2D eigenvalue weighted by Gasteiger charge is -2.12. The summed E-state index contributed by atoms with van der Waals surface area (Å²) < 4.78 is 1.18. The van der Waals surface area contributed by atoms with Gasteiger partial charge in [0, 0.05) is 15.9 Å². The summed E-state index contributed by atoms with van der Waals surface area (Å²) in [5.41, 5.74) is 1.42. The quantitative estimate of drug-likeness (QED) is 0.470. The molecule has 0 spiro atoms. The molecule has 0 aliphatic rings. The molecule has 1 nitrogen and oxygen atoms in total. The fourth-order valence-electron chi connectivity index (χ4n) is 1.84. The zero-order valence-corrected chi connectivity index (χ0v) is 14.7. The highest BCUT2D eigenvalue weighted by molar-refractivity contribution is 9.10. The summed E-state index contributed by atoms with van der Waals surface area (Å²) in [6.07, 6.45) is 3.94. The zero-order chi connectivity index (χ0) is 14.1. The maximum atomic E-state index is 3.58. The van der Waals surface area contributed by atoms with E-state index in [1.807, 2.05) is 11.8 Å². The average molecular weight is 344 g/mol. The van der Waals surface area contributed by atoms with Gasteiger partial charge in [-0.15, -0.1) is 11.8 Å². The summed E-state index contributed by atoms with van der Waals surface area (Å²) in [6.45, 7) is 8.80. The number of unbranched alkanes of at least 4 members (excludes halogenated alkanes) is 2. The second kappa shape index (κ2) is 9.84. The van der Waals surface area contributed by atoms with Crippen LogP contribution in [-0.4, -0.2) is 12.3 Å². The van der Waals surface area contributed by atoms with E-state index in [1.54, 1.807) is 0 Å². The second-order valence-corrected chi connectivity index (χ2v) is 7.38. The minimum Gasteiger partial charge on any atom is -0.312 e. The first-order chi connectivity index (χ1) is 9.13. The fourth-order valence-corrected chi connectivity index (χ4v) is 3.46. The highest BCUT2D eigenvalue weighted by Crippen LogP contribution is 2.27. The molecule has 0 heterocycles. The predicted octanol–water partition coefficient (Wildman–Crippen LogP) is 5.48. The molecular weight excluding hydrogens is 318 g/mol. The smallest absolute Gasteiger partial charge is 0.0216 e. The molecule has 1 aromatic carbocycles. The Balaban J connectivity index is 2.53. The van der Waals surface area contributed by atoms with E-state index in [2.05, 4.69) is 60.2 Å². The molecule has 19 heavy (non-hydrogen) atoms. The summed E-state index contributed by atoms with van der Waals surface area (Å²) >= 11 is 5.57. The topological polar surface area (TPSA) is 12.0 Å². The Morgan fingerprint density at radius 1 is 1.26 bits per heavy atom. The van der Waals surface area contributed by atoms with Gasteiger partial charge in [0.25, 0.3) is 0 Å². The van der Waals surface area contributed by atoms with Gasteiger partial charge >= 0.3 is 0 Å². The van der Waals surface area contributed by atoms with Gasteiger partial charge in [-0.1, -0.05) is 55.6 Å². The molecule has 1 rings (SSSR count). The lowest BCUT2D eigenvalue weighted by Crippen LogP contribution is -2.19. The minimum atomic E-state index is 0.705. The lowest BCUT2D eigenvalue weighted by molar-refractivity contribution is 0.550. The first-order valence-corrected chi connectivity index (χ1v) is 9.03. The van der Waals surface area contributed by atoms with Crippen molar-refractivity contribution in [1.82, 2.24) is 5.32 Å². The molecule has 0 saturated heterocycles. The van der Waals surface area contributed by atoms with Crippen LogP contribution in [0.2, 0.25) is 0 Å². The normalized spacial score (nSPS) is 11.2. The van der Waals surface area contributed by atoms with Crippen molar-refractivity contribution in [1.29, 1.82) is 0 Å². The molecule has 0 aliphatic carbocycles. The number of nitrogens with one attached hydrogen (secondary N) is 1. The van der Waals surface area contributed by atoms with Gasteiger partial charge in [0.05, 0.1) is 0 Å². The van der Waals surface area contributed by atoms with Gasteiger partial charge in [-0.05, 0) is 42.3 Å². The van der Waals surface area contributed by atoms with Gasteiger partial charge in [0.1, 0.15) is 0 Å². The van der Waals surface area contributed by atoms with Gasteiger partial charge in [-0.2, -0.15) is 0 Å². The van der Waals surface area contributed by atoms with E-state index in [0.717, 1.165) is 13.1 Å². The van der Waals surface area contributed by atoms with Gasteiger partial charge in [-0.3, -0.25) is 0 Å². The predicted molar refractivity (Wildman–Crippen MR) is 90.9 cm³/mol. The second-order valence-electron chi connectivity index (χ2n) is 5.33. The summed E-state index contributed by atoms with van der Waals surface area (Å²) in [4.78, 5) is 1.42. The van der Waals surface area contributed by atoms with E-state index in [-0.39, 0.29) is 0 Å². The zero-order valence-electron chi connectivity index (χ0n) is 12.3. The lowest BCUT2D eigenvalue weighted by atomic mass is 10.2. The Labute approximate surface area is 131 Å². The Kier molecular flexibility index (Phi) is 8.84. The summed E-state index contributed by atoms with van der Waals surface area (Å²) in [7, 11) is 0. The molecule has 0 fully saturated rings. The van der Waals surface area contributed by atoms with Crippen LogP contribution in [0.4, 0.5) is 0 Å². The van der Waals surface area contributed by atoms with E-state index in [0.29, 0.717) is 5.92 Å². The summed E-state index contributed by atoms with van der Waals surface area (Å²) in [5, 5.41) is 3.53. The molecule has 0 unspecified atom stereocenters. The third kappa shape index (κ3) is 7.38. The van der Waals surface area contributed by atoms with Crippen LogP contribution in [0.5, 0.6) is 0 Å². The van der Waals surface area contributed by atoms with Gasteiger partial charge in [0.15, 0.2) is 0 Å². The van der Waals surface area contributed by atoms with E-state index >= 15 is 0 Å². The van der Waals surface area contributed by atoms with Crippen LogP contribution in [0.1, 0.15) is 45.6 Å². The first-order valence-electron chi connectivity index (χ1n) is 7.25. The summed E-state index contributed by atoms with van der Waals surface area (Å²) in [5.74, 6) is 1.93. The molecule has 0 atom stereocenters. The summed E-state index contributed by atoms with van der Waals surface area (Å²) in [6, 6.07) is 6.63. The van der Waals surface area contributed by atoms with Gasteiger partial charge in [-0.25, -0.2) is 0 Å². The van der Waals surface area contributed by atoms with Crippen LogP contribution in [0, 0.1) is 5.92 Å². The highest BCUT2D eigenvalue weighted by atomic mass is 79.9. The van der Waals surface area contributed by atoms with Gasteiger partial charge < -0.3 is 5.32 Å². The maximum Gasteiger partial charge on any atom is 0.0216 e. The van der Waals surface area contributed by atoms with Crippen LogP contribution < -0.4 is 5.32 Å². The molecule has 0 radical (unpaired) electrons. The van der Waals surface area contributed by atoms with Crippen LogP contribution in [0.25, 0.3) is 0 Å². The highest BCUT2D eigenvalue weighted by Gasteiger charge is 2.04. The number of hydrogen-bond acceptors (Lipinski definition) is 2. The minimum absolute atomic E-state index is 0.705. The van der Waals surface area contributed by atoms with Crippen molar-refractivity contribution in [2.24, 2.45) is 5.92 Å². The molecule has 1 aromatic rings. The van der Waals surface area contributed by atoms with Crippen molar-refractivity contribution < 1.29 is 0 Å². The number of benzene rings is 1. The Bertz CT molecular complexity index is 366. The van der Waals surface area contributed by atoms with Crippen LogP contribution in [0.15, 0.2) is 27.6 Å². The van der Waals surface area contributed by atoms with Crippen molar-refractivity contribution in [3.05, 3.63) is 28.2 Å². The van der Waals surface area contributed by atoms with E-state index in [4.69, 9.17) is 0 Å². The van der Waals surface area contributed by atoms with Crippen molar-refractivity contribution in [3.63, 3.8) is 0 Å².